The highest BCUT2D eigenvalue weighted by atomic mass is 35.5. The lowest BCUT2D eigenvalue weighted by atomic mass is 10.1. The first-order valence-corrected chi connectivity index (χ1v) is 8.31. The van der Waals surface area contributed by atoms with Crippen LogP contribution < -0.4 is 10.5 Å². The van der Waals surface area contributed by atoms with Crippen LogP contribution in [0.2, 0.25) is 0 Å². The molecule has 0 unspecified atom stereocenters. The molecule has 0 heterocycles. The lowest BCUT2D eigenvalue weighted by molar-refractivity contribution is 0.289. The van der Waals surface area contributed by atoms with Gasteiger partial charge in [0.25, 0.3) is 0 Å². The molecule has 0 atom stereocenters. The van der Waals surface area contributed by atoms with Crippen LogP contribution in [-0.2, 0) is 16.4 Å². The number of benzene rings is 1. The summed E-state index contributed by atoms with van der Waals surface area (Å²) in [7, 11) is -3.11. The third kappa shape index (κ3) is 9.28. The Kier molecular flexibility index (Phi) is 9.79. The summed E-state index contributed by atoms with van der Waals surface area (Å²) in [6.45, 7) is 3.34. The molecule has 0 bridgehead atoms. The Hall–Kier alpha value is -0.660. The lowest BCUT2D eigenvalue weighted by Gasteiger charge is -2.21. The molecule has 1 rings (SSSR count). The van der Waals surface area contributed by atoms with Crippen LogP contribution in [0.1, 0.15) is 5.56 Å². The van der Waals surface area contributed by atoms with Gasteiger partial charge in [0.15, 0.2) is 0 Å². The van der Waals surface area contributed by atoms with Gasteiger partial charge >= 0.3 is 0 Å². The van der Waals surface area contributed by atoms with E-state index in [-0.39, 0.29) is 12.4 Å². The smallest absolute Gasteiger partial charge is 0.208 e. The number of hydrogen-bond acceptors (Lipinski definition) is 4. The van der Waals surface area contributed by atoms with Crippen molar-refractivity contribution in [3.63, 3.8) is 0 Å². The van der Waals surface area contributed by atoms with Crippen LogP contribution in [0, 0.1) is 0 Å². The van der Waals surface area contributed by atoms with Gasteiger partial charge in [-0.25, -0.2) is 13.1 Å². The van der Waals surface area contributed by atoms with E-state index in [0.29, 0.717) is 19.6 Å². The molecule has 0 aliphatic carbocycles. The Morgan fingerprint density at radius 1 is 1.15 bits per heavy atom. The van der Waals surface area contributed by atoms with E-state index >= 15 is 0 Å². The Morgan fingerprint density at radius 3 is 2.35 bits per heavy atom. The highest BCUT2D eigenvalue weighted by Crippen LogP contribution is 2.01. The number of nitrogens with zero attached hydrogens (tertiary/aromatic N) is 1. The largest absolute Gasteiger partial charge is 0.329 e. The van der Waals surface area contributed by atoms with Crippen LogP contribution in [-0.4, -0.2) is 52.3 Å². The summed E-state index contributed by atoms with van der Waals surface area (Å²) in [6.07, 6.45) is 2.12. The van der Waals surface area contributed by atoms with Crippen LogP contribution in [0.4, 0.5) is 0 Å². The molecule has 0 aliphatic heterocycles. The van der Waals surface area contributed by atoms with E-state index in [1.165, 1.54) is 11.8 Å². The van der Waals surface area contributed by atoms with E-state index < -0.39 is 10.0 Å². The molecular weight excluding hydrogens is 298 g/mol. The van der Waals surface area contributed by atoms with E-state index in [0.717, 1.165) is 19.5 Å². The maximum absolute atomic E-state index is 11.0. The zero-order chi connectivity index (χ0) is 14.1. The molecular formula is C13H24ClN3O2S. The van der Waals surface area contributed by atoms with Crippen molar-refractivity contribution in [3.05, 3.63) is 35.9 Å². The molecule has 1 aromatic carbocycles. The van der Waals surface area contributed by atoms with Crippen molar-refractivity contribution in [2.45, 2.75) is 6.42 Å². The third-order valence-corrected chi connectivity index (χ3v) is 3.53. The van der Waals surface area contributed by atoms with Crippen LogP contribution in [0.25, 0.3) is 0 Å². The highest BCUT2D eigenvalue weighted by Gasteiger charge is 2.06. The van der Waals surface area contributed by atoms with Gasteiger partial charge in [-0.1, -0.05) is 30.3 Å². The minimum absolute atomic E-state index is 0. The molecule has 1 aromatic rings. The molecule has 3 N–H and O–H groups in total. The molecule has 0 fully saturated rings. The number of halogens is 1. The molecule has 0 aromatic heterocycles. The monoisotopic (exact) mass is 321 g/mol. The fourth-order valence-electron chi connectivity index (χ4n) is 1.84. The summed E-state index contributed by atoms with van der Waals surface area (Å²) in [4.78, 5) is 2.17. The third-order valence-electron chi connectivity index (χ3n) is 2.80. The Bertz CT molecular complexity index is 454. The molecule has 5 nitrogen and oxygen atoms in total. The molecule has 0 aliphatic rings. The number of nitrogens with two attached hydrogens (primary N) is 1. The Morgan fingerprint density at radius 2 is 1.80 bits per heavy atom. The molecule has 0 saturated heterocycles. The maximum Gasteiger partial charge on any atom is 0.208 e. The number of nitrogens with one attached hydrogen (secondary N) is 1. The summed E-state index contributed by atoms with van der Waals surface area (Å²) < 4.78 is 24.5. The predicted molar refractivity (Wildman–Crippen MR) is 85.7 cm³/mol. The molecule has 0 spiro atoms. The number of rotatable bonds is 9. The molecule has 0 radical (unpaired) electrons. The Labute approximate surface area is 128 Å². The van der Waals surface area contributed by atoms with E-state index in [4.69, 9.17) is 5.73 Å². The van der Waals surface area contributed by atoms with Crippen molar-refractivity contribution in [2.24, 2.45) is 5.73 Å². The summed E-state index contributed by atoms with van der Waals surface area (Å²) in [6, 6.07) is 10.2. The van der Waals surface area contributed by atoms with Crippen LogP contribution in [0.15, 0.2) is 30.3 Å². The second-order valence-electron chi connectivity index (χ2n) is 4.53. The minimum atomic E-state index is -3.11. The average molecular weight is 322 g/mol. The van der Waals surface area contributed by atoms with E-state index in [1.807, 2.05) is 18.2 Å². The quantitative estimate of drug-likeness (QED) is 0.693. The first-order chi connectivity index (χ1) is 9.01. The molecule has 0 saturated carbocycles. The van der Waals surface area contributed by atoms with Gasteiger partial charge in [0, 0.05) is 32.7 Å². The van der Waals surface area contributed by atoms with Gasteiger partial charge in [0.2, 0.25) is 10.0 Å². The molecule has 20 heavy (non-hydrogen) atoms. The van der Waals surface area contributed by atoms with Crippen molar-refractivity contribution in [2.75, 3.05) is 39.0 Å². The van der Waals surface area contributed by atoms with Crippen molar-refractivity contribution in [3.8, 4) is 0 Å². The van der Waals surface area contributed by atoms with Gasteiger partial charge < -0.3 is 10.6 Å². The molecule has 116 valence electrons. The van der Waals surface area contributed by atoms with Crippen LogP contribution in [0.3, 0.4) is 0 Å². The summed E-state index contributed by atoms with van der Waals surface area (Å²) in [5.41, 5.74) is 6.85. The number of hydrogen-bond donors (Lipinski definition) is 2. The molecule has 0 amide bonds. The van der Waals surface area contributed by atoms with Gasteiger partial charge in [-0.2, -0.15) is 0 Å². The summed E-state index contributed by atoms with van der Waals surface area (Å²) in [5, 5.41) is 0. The van der Waals surface area contributed by atoms with E-state index in [1.54, 1.807) is 0 Å². The first kappa shape index (κ1) is 19.3. The SMILES string of the molecule is CS(=O)(=O)NCCN(CCN)CCc1ccccc1.Cl. The topological polar surface area (TPSA) is 75.4 Å². The standard InChI is InChI=1S/C13H23N3O2S.ClH/c1-19(17,18)15-9-12-16(11-8-14)10-7-13-5-3-2-4-6-13;/h2-6,15H,7-12,14H2,1H3;1H. The lowest BCUT2D eigenvalue weighted by Crippen LogP contribution is -2.38. The van der Waals surface area contributed by atoms with Gasteiger partial charge in [-0.05, 0) is 12.0 Å². The fourth-order valence-corrected chi connectivity index (χ4v) is 2.30. The van der Waals surface area contributed by atoms with Gasteiger partial charge in [0.05, 0.1) is 6.26 Å². The van der Waals surface area contributed by atoms with Gasteiger partial charge in [-0.3, -0.25) is 0 Å². The van der Waals surface area contributed by atoms with Crippen molar-refractivity contribution < 1.29 is 8.42 Å². The van der Waals surface area contributed by atoms with E-state index in [9.17, 15) is 8.42 Å². The maximum atomic E-state index is 11.0. The minimum Gasteiger partial charge on any atom is -0.329 e. The van der Waals surface area contributed by atoms with Crippen molar-refractivity contribution >= 4 is 22.4 Å². The summed E-state index contributed by atoms with van der Waals surface area (Å²) >= 11 is 0. The fraction of sp³-hybridized carbons (Fsp3) is 0.538. The van der Waals surface area contributed by atoms with Gasteiger partial charge in [0.1, 0.15) is 0 Å². The normalized spacial score (nSPS) is 11.3. The second kappa shape index (κ2) is 10.1. The second-order valence-corrected chi connectivity index (χ2v) is 6.37. The first-order valence-electron chi connectivity index (χ1n) is 6.42. The Balaban J connectivity index is 0.00000361. The summed E-state index contributed by atoms with van der Waals surface area (Å²) in [5.74, 6) is 0. The zero-order valence-electron chi connectivity index (χ0n) is 11.8. The predicted octanol–water partition coefficient (Wildman–Crippen LogP) is 0.461. The van der Waals surface area contributed by atoms with E-state index in [2.05, 4.69) is 21.8 Å². The average Bonchev–Trinajstić information content (AvgIpc) is 2.36. The van der Waals surface area contributed by atoms with Gasteiger partial charge in [-0.15, -0.1) is 12.4 Å². The van der Waals surface area contributed by atoms with Crippen molar-refractivity contribution in [1.82, 2.24) is 9.62 Å². The number of sulfonamides is 1. The van der Waals surface area contributed by atoms with Crippen LogP contribution in [0.5, 0.6) is 0 Å². The van der Waals surface area contributed by atoms with Crippen molar-refractivity contribution in [1.29, 1.82) is 0 Å². The highest BCUT2D eigenvalue weighted by molar-refractivity contribution is 7.88. The molecule has 7 heteroatoms. The zero-order valence-corrected chi connectivity index (χ0v) is 13.4. The van der Waals surface area contributed by atoms with Crippen LogP contribution >= 0.6 is 12.4 Å².